The van der Waals surface area contributed by atoms with Gasteiger partial charge in [0.25, 0.3) is 20.2 Å². The first-order valence-corrected chi connectivity index (χ1v) is 18.4. The molecule has 14 heteroatoms. The van der Waals surface area contributed by atoms with Crippen LogP contribution in [0.2, 0.25) is 0 Å². The van der Waals surface area contributed by atoms with Crippen LogP contribution < -0.4 is 9.47 Å². The van der Waals surface area contributed by atoms with Crippen LogP contribution in [-0.4, -0.2) is 45.7 Å². The number of ketones is 1. The highest BCUT2D eigenvalue weighted by molar-refractivity contribution is 7.91. The van der Waals surface area contributed by atoms with E-state index in [1.165, 1.54) is 30.3 Å². The van der Waals surface area contributed by atoms with Gasteiger partial charge in [-0.05, 0) is 111 Å². The van der Waals surface area contributed by atoms with Gasteiger partial charge in [0.15, 0.2) is 5.78 Å². The number of hydrogen-bond acceptors (Lipinski definition) is 9. The highest BCUT2D eigenvalue weighted by Crippen LogP contribution is 2.36. The second-order valence-electron chi connectivity index (χ2n) is 12.7. The van der Waals surface area contributed by atoms with E-state index in [4.69, 9.17) is 9.47 Å². The first kappa shape index (κ1) is 35.8. The van der Waals surface area contributed by atoms with E-state index in [1.54, 1.807) is 45.0 Å². The molecule has 4 aromatic carbocycles. The summed E-state index contributed by atoms with van der Waals surface area (Å²) in [5.41, 5.74) is -0.303. The van der Waals surface area contributed by atoms with E-state index in [-0.39, 0.29) is 17.1 Å². The zero-order valence-electron chi connectivity index (χ0n) is 26.4. The number of benzene rings is 4. The quantitative estimate of drug-likeness (QED) is 0.143. The molecule has 2 N–H and O–H groups in total. The van der Waals surface area contributed by atoms with Gasteiger partial charge in [-0.15, -0.1) is 0 Å². The van der Waals surface area contributed by atoms with Gasteiger partial charge in [0.05, 0.1) is 14.7 Å². The lowest BCUT2D eigenvalue weighted by Gasteiger charge is -2.22. The van der Waals surface area contributed by atoms with E-state index in [1.807, 2.05) is 20.8 Å². The lowest BCUT2D eigenvalue weighted by atomic mass is 9.87. The maximum Gasteiger partial charge on any atom is 0.298 e. The van der Waals surface area contributed by atoms with Crippen molar-refractivity contribution in [2.75, 3.05) is 0 Å². The molecule has 0 saturated heterocycles. The molecule has 0 heterocycles. The molecule has 11 nitrogen and oxygen atoms in total. The monoisotopic (exact) mass is 702 g/mol. The summed E-state index contributed by atoms with van der Waals surface area (Å²) in [4.78, 5) is 10.4. The summed E-state index contributed by atoms with van der Waals surface area (Å²) in [7, 11) is -14.4. The molecule has 0 aliphatic heterocycles. The molecule has 0 amide bonds. The third-order valence-electron chi connectivity index (χ3n) is 6.74. The first-order chi connectivity index (χ1) is 21.5. The molecule has 0 fully saturated rings. The van der Waals surface area contributed by atoms with Crippen molar-refractivity contribution in [3.05, 3.63) is 102 Å². The minimum atomic E-state index is -5.04. The molecule has 4 rings (SSSR count). The summed E-state index contributed by atoms with van der Waals surface area (Å²) in [5, 5.41) is 0. The Morgan fingerprint density at radius 2 is 1.04 bits per heavy atom. The van der Waals surface area contributed by atoms with E-state index < -0.39 is 66.4 Å². The van der Waals surface area contributed by atoms with E-state index in [2.05, 4.69) is 0 Å². The maximum absolute atomic E-state index is 13.5. The van der Waals surface area contributed by atoms with Crippen LogP contribution in [0, 0.1) is 0 Å². The summed E-state index contributed by atoms with van der Waals surface area (Å²) in [6, 6.07) is 18.2. The number of ether oxygens (including phenoxy) is 2. The zero-order valence-corrected chi connectivity index (χ0v) is 28.8. The van der Waals surface area contributed by atoms with Crippen LogP contribution in [-0.2, 0) is 35.5 Å². The van der Waals surface area contributed by atoms with Crippen LogP contribution in [0.15, 0.2) is 105 Å². The molecule has 0 radical (unpaired) electrons. The van der Waals surface area contributed by atoms with Crippen molar-refractivity contribution >= 4 is 35.9 Å². The second-order valence-corrected chi connectivity index (χ2v) is 17.4. The minimum absolute atomic E-state index is 0.0755. The zero-order chi connectivity index (χ0) is 35.2. The molecule has 0 aliphatic carbocycles. The molecule has 4 aromatic rings. The van der Waals surface area contributed by atoms with Crippen molar-refractivity contribution < 1.29 is 48.6 Å². The Labute approximate surface area is 274 Å². The summed E-state index contributed by atoms with van der Waals surface area (Å²) in [6.07, 6.45) is 0. The fraction of sp³-hybridized carbons (Fsp3) is 0.242. The fourth-order valence-corrected chi connectivity index (χ4v) is 7.61. The number of carbonyl (C=O) groups excluding carboxylic acids is 1. The molecule has 0 spiro atoms. The predicted molar refractivity (Wildman–Crippen MR) is 173 cm³/mol. The Morgan fingerprint density at radius 1 is 0.596 bits per heavy atom. The fourth-order valence-electron chi connectivity index (χ4n) is 4.58. The molecule has 0 unspecified atom stereocenters. The second kappa shape index (κ2) is 12.5. The summed E-state index contributed by atoms with van der Waals surface area (Å²) >= 11 is 0. The summed E-state index contributed by atoms with van der Waals surface area (Å²) in [6.45, 7) is 10.7. The molecule has 0 saturated carbocycles. The molecule has 0 bridgehead atoms. The van der Waals surface area contributed by atoms with E-state index in [0.717, 1.165) is 24.3 Å². The van der Waals surface area contributed by atoms with Crippen molar-refractivity contribution in [2.24, 2.45) is 0 Å². The Hall–Kier alpha value is -4.08. The Kier molecular flexibility index (Phi) is 9.52. The van der Waals surface area contributed by atoms with Gasteiger partial charge in [-0.25, -0.2) is 8.42 Å². The number of rotatable bonds is 9. The van der Waals surface area contributed by atoms with Gasteiger partial charge >= 0.3 is 0 Å². The molecule has 0 aliphatic rings. The van der Waals surface area contributed by atoms with Crippen LogP contribution >= 0.6 is 0 Å². The normalized spacial score (nSPS) is 12.9. The van der Waals surface area contributed by atoms with E-state index in [9.17, 15) is 39.2 Å². The third-order valence-corrected chi connectivity index (χ3v) is 10.3. The highest BCUT2D eigenvalue weighted by Gasteiger charge is 2.29. The largest absolute Gasteiger partial charge is 0.488 e. The van der Waals surface area contributed by atoms with Crippen molar-refractivity contribution in [2.45, 2.75) is 72.1 Å². The molecule has 0 aromatic heterocycles. The van der Waals surface area contributed by atoms with Gasteiger partial charge in [0.1, 0.15) is 27.7 Å². The minimum Gasteiger partial charge on any atom is -0.488 e. The maximum atomic E-state index is 13.5. The van der Waals surface area contributed by atoms with E-state index >= 15 is 0 Å². The van der Waals surface area contributed by atoms with Crippen LogP contribution in [0.1, 0.15) is 63.0 Å². The van der Waals surface area contributed by atoms with Gasteiger partial charge in [-0.3, -0.25) is 13.9 Å². The molecular formula is C33H34O11S3. The van der Waals surface area contributed by atoms with Gasteiger partial charge < -0.3 is 9.47 Å². The van der Waals surface area contributed by atoms with Crippen molar-refractivity contribution in [3.63, 3.8) is 0 Å². The molecule has 0 atom stereocenters. The average Bonchev–Trinajstić information content (AvgIpc) is 2.95. The number of sulfone groups is 1. The molecule has 47 heavy (non-hydrogen) atoms. The van der Waals surface area contributed by atoms with Crippen molar-refractivity contribution in [1.29, 1.82) is 0 Å². The van der Waals surface area contributed by atoms with Crippen molar-refractivity contribution in [1.82, 2.24) is 0 Å². The highest BCUT2D eigenvalue weighted by atomic mass is 32.2. The summed E-state index contributed by atoms with van der Waals surface area (Å²) in [5.74, 6) is -0.0273. The lowest BCUT2D eigenvalue weighted by Crippen LogP contribution is -2.22. The standard InChI is InChI=1S/C33H34O11S3/c1-32(2,3)27-17-15-25(19-29(27)46(37,38)39)45(35,36)26-16-18-28(30(20-26)47(40,41)42)43-23-11-7-21(8-12-23)31(34)22-9-13-24(14-10-22)44-33(4,5)6/h7-20H,1-6H3,(H,37,38,39)(H,40,41,42). The van der Waals surface area contributed by atoms with Crippen LogP contribution in [0.3, 0.4) is 0 Å². The third kappa shape index (κ3) is 8.45. The van der Waals surface area contributed by atoms with Crippen LogP contribution in [0.25, 0.3) is 0 Å². The number of hydrogen-bond donors (Lipinski definition) is 2. The van der Waals surface area contributed by atoms with Gasteiger partial charge in [0, 0.05) is 11.1 Å². The average molecular weight is 703 g/mol. The number of carbonyl (C=O) groups is 1. The predicted octanol–water partition coefficient (Wildman–Crippen LogP) is 6.51. The Bertz CT molecular complexity index is 2160. The molecular weight excluding hydrogens is 669 g/mol. The van der Waals surface area contributed by atoms with Gasteiger partial charge in [-0.2, -0.15) is 16.8 Å². The molecule has 250 valence electrons. The topological polar surface area (TPSA) is 178 Å². The van der Waals surface area contributed by atoms with Crippen molar-refractivity contribution in [3.8, 4) is 17.2 Å². The lowest BCUT2D eigenvalue weighted by molar-refractivity contribution is 0.103. The SMILES string of the molecule is CC(C)(C)Oc1ccc(C(=O)c2ccc(Oc3ccc(S(=O)(=O)c4ccc(C(C)(C)C)c(S(=O)(=O)O)c4)cc3S(=O)(=O)O)cc2)cc1. The smallest absolute Gasteiger partial charge is 0.298 e. The van der Waals surface area contributed by atoms with Crippen LogP contribution in [0.5, 0.6) is 17.2 Å². The summed E-state index contributed by atoms with van der Waals surface area (Å²) < 4.78 is 107. The van der Waals surface area contributed by atoms with Gasteiger partial charge in [-0.1, -0.05) is 26.8 Å². The Morgan fingerprint density at radius 3 is 1.49 bits per heavy atom. The Balaban J connectivity index is 1.64. The van der Waals surface area contributed by atoms with Crippen LogP contribution in [0.4, 0.5) is 0 Å². The first-order valence-electron chi connectivity index (χ1n) is 14.1. The van der Waals surface area contributed by atoms with E-state index in [0.29, 0.717) is 22.9 Å². The van der Waals surface area contributed by atoms with Gasteiger partial charge in [0.2, 0.25) is 9.84 Å².